The van der Waals surface area contributed by atoms with Gasteiger partial charge in [-0.2, -0.15) is 0 Å². The molecule has 1 heterocycles. The van der Waals surface area contributed by atoms with Crippen LogP contribution in [-0.2, 0) is 0 Å². The van der Waals surface area contributed by atoms with Crippen LogP contribution >= 0.6 is 15.9 Å². The Morgan fingerprint density at radius 2 is 1.83 bits per heavy atom. The summed E-state index contributed by atoms with van der Waals surface area (Å²) in [5.41, 5.74) is 3.37. The number of fused-ring (bicyclic) bond motifs is 1. The van der Waals surface area contributed by atoms with Gasteiger partial charge in [-0.1, -0.05) is 46.3 Å². The standard InChI is InChI=1S/C24H19BrN2O2/c1-16-14-18(11-12-21(16)25)27-23(13-10-17-6-5-7-19(15-17)29-2)26-22-9-4-3-8-20(22)24(27)28/h3-15H,1-2H3. The van der Waals surface area contributed by atoms with E-state index in [1.165, 1.54) is 0 Å². The predicted molar refractivity (Wildman–Crippen MR) is 122 cm³/mol. The molecule has 0 N–H and O–H groups in total. The molecule has 0 radical (unpaired) electrons. The second kappa shape index (κ2) is 8.05. The Labute approximate surface area is 177 Å². The fraction of sp³-hybridized carbons (Fsp3) is 0.0833. The number of aromatic nitrogens is 2. The molecule has 0 bridgehead atoms. The minimum atomic E-state index is -0.0948. The van der Waals surface area contributed by atoms with Gasteiger partial charge in [0.2, 0.25) is 0 Å². The molecule has 0 aliphatic carbocycles. The summed E-state index contributed by atoms with van der Waals surface area (Å²) in [6, 6.07) is 21.0. The van der Waals surface area contributed by atoms with Gasteiger partial charge >= 0.3 is 0 Å². The zero-order valence-corrected chi connectivity index (χ0v) is 17.7. The molecule has 0 aliphatic heterocycles. The molecule has 29 heavy (non-hydrogen) atoms. The van der Waals surface area contributed by atoms with E-state index in [4.69, 9.17) is 9.72 Å². The third-order valence-electron chi connectivity index (χ3n) is 4.72. The summed E-state index contributed by atoms with van der Waals surface area (Å²) in [6.07, 6.45) is 3.79. The first-order valence-corrected chi connectivity index (χ1v) is 9.96. The molecule has 1 aromatic heterocycles. The average Bonchev–Trinajstić information content (AvgIpc) is 2.74. The van der Waals surface area contributed by atoms with Crippen molar-refractivity contribution in [2.75, 3.05) is 7.11 Å². The number of nitrogens with zero attached hydrogens (tertiary/aromatic N) is 2. The molecule has 3 aromatic carbocycles. The van der Waals surface area contributed by atoms with E-state index in [1.807, 2.05) is 85.8 Å². The van der Waals surface area contributed by atoms with Crippen LogP contribution in [0, 0.1) is 6.92 Å². The number of para-hydroxylation sites is 1. The number of ether oxygens (including phenoxy) is 1. The van der Waals surface area contributed by atoms with E-state index in [2.05, 4.69) is 15.9 Å². The number of benzene rings is 3. The molecule has 5 heteroatoms. The van der Waals surface area contributed by atoms with Gasteiger partial charge in [-0.05, 0) is 66.6 Å². The van der Waals surface area contributed by atoms with Crippen molar-refractivity contribution < 1.29 is 4.74 Å². The molecule has 0 saturated carbocycles. The van der Waals surface area contributed by atoms with E-state index in [1.54, 1.807) is 11.7 Å². The van der Waals surface area contributed by atoms with Crippen molar-refractivity contribution in [1.29, 1.82) is 0 Å². The molecular formula is C24H19BrN2O2. The lowest BCUT2D eigenvalue weighted by Gasteiger charge is -2.12. The van der Waals surface area contributed by atoms with Gasteiger partial charge < -0.3 is 4.74 Å². The van der Waals surface area contributed by atoms with Crippen LogP contribution in [0.2, 0.25) is 0 Å². The van der Waals surface area contributed by atoms with Crippen LogP contribution in [0.3, 0.4) is 0 Å². The largest absolute Gasteiger partial charge is 0.497 e. The summed E-state index contributed by atoms with van der Waals surface area (Å²) in [5, 5.41) is 0.589. The normalized spacial score (nSPS) is 11.3. The van der Waals surface area contributed by atoms with Crippen LogP contribution in [0.15, 0.2) is 76.0 Å². The first-order chi connectivity index (χ1) is 14.1. The highest BCUT2D eigenvalue weighted by Gasteiger charge is 2.11. The summed E-state index contributed by atoms with van der Waals surface area (Å²) in [7, 11) is 1.64. The average molecular weight is 447 g/mol. The van der Waals surface area contributed by atoms with Gasteiger partial charge in [0.25, 0.3) is 5.56 Å². The van der Waals surface area contributed by atoms with Crippen LogP contribution in [0.25, 0.3) is 28.7 Å². The van der Waals surface area contributed by atoms with Gasteiger partial charge in [0.1, 0.15) is 11.6 Å². The number of aryl methyl sites for hydroxylation is 1. The maximum atomic E-state index is 13.3. The van der Waals surface area contributed by atoms with E-state index in [9.17, 15) is 4.79 Å². The fourth-order valence-electron chi connectivity index (χ4n) is 3.20. The molecule has 4 nitrogen and oxygen atoms in total. The maximum Gasteiger partial charge on any atom is 0.266 e. The minimum Gasteiger partial charge on any atom is -0.497 e. The Morgan fingerprint density at radius 3 is 2.62 bits per heavy atom. The molecule has 0 aliphatic rings. The SMILES string of the molecule is COc1cccc(C=Cc2nc3ccccc3c(=O)n2-c2ccc(Br)c(C)c2)c1. The first kappa shape index (κ1) is 19.2. The van der Waals surface area contributed by atoms with Gasteiger partial charge in [-0.15, -0.1) is 0 Å². The molecule has 0 atom stereocenters. The number of rotatable bonds is 4. The minimum absolute atomic E-state index is 0.0948. The van der Waals surface area contributed by atoms with Gasteiger partial charge in [0.15, 0.2) is 0 Å². The number of hydrogen-bond acceptors (Lipinski definition) is 3. The van der Waals surface area contributed by atoms with Crippen LogP contribution < -0.4 is 10.3 Å². The summed E-state index contributed by atoms with van der Waals surface area (Å²) >= 11 is 3.52. The van der Waals surface area contributed by atoms with E-state index < -0.39 is 0 Å². The number of hydrogen-bond donors (Lipinski definition) is 0. The van der Waals surface area contributed by atoms with Crippen molar-refractivity contribution in [3.8, 4) is 11.4 Å². The molecule has 0 fully saturated rings. The Hall–Kier alpha value is -3.18. The molecule has 0 saturated heterocycles. The van der Waals surface area contributed by atoms with E-state index >= 15 is 0 Å². The smallest absolute Gasteiger partial charge is 0.266 e. The monoisotopic (exact) mass is 446 g/mol. The van der Waals surface area contributed by atoms with Crippen LogP contribution in [0.4, 0.5) is 0 Å². The summed E-state index contributed by atoms with van der Waals surface area (Å²) in [5.74, 6) is 1.35. The quantitative estimate of drug-likeness (QED) is 0.407. The number of methoxy groups -OCH3 is 1. The molecule has 0 amide bonds. The summed E-state index contributed by atoms with van der Waals surface area (Å²) < 4.78 is 7.94. The van der Waals surface area contributed by atoms with Crippen molar-refractivity contribution in [2.45, 2.75) is 6.92 Å². The van der Waals surface area contributed by atoms with E-state index in [0.717, 1.165) is 27.0 Å². The molecule has 0 unspecified atom stereocenters. The van der Waals surface area contributed by atoms with Crippen LogP contribution in [-0.4, -0.2) is 16.7 Å². The van der Waals surface area contributed by atoms with Crippen LogP contribution in [0.1, 0.15) is 17.0 Å². The Balaban J connectivity index is 1.92. The third-order valence-corrected chi connectivity index (χ3v) is 5.61. The van der Waals surface area contributed by atoms with Crippen LogP contribution in [0.5, 0.6) is 5.75 Å². The van der Waals surface area contributed by atoms with Gasteiger partial charge in [-0.3, -0.25) is 9.36 Å². The highest BCUT2D eigenvalue weighted by Crippen LogP contribution is 2.22. The molecular weight excluding hydrogens is 428 g/mol. The van der Waals surface area contributed by atoms with E-state index in [-0.39, 0.29) is 5.56 Å². The lowest BCUT2D eigenvalue weighted by atomic mass is 10.1. The first-order valence-electron chi connectivity index (χ1n) is 9.17. The van der Waals surface area contributed by atoms with Crippen molar-refractivity contribution in [3.05, 3.63) is 98.5 Å². The second-order valence-corrected chi connectivity index (χ2v) is 7.53. The third kappa shape index (κ3) is 3.87. The summed E-state index contributed by atoms with van der Waals surface area (Å²) in [6.45, 7) is 2.00. The molecule has 0 spiro atoms. The van der Waals surface area contributed by atoms with Crippen molar-refractivity contribution in [1.82, 2.24) is 9.55 Å². The predicted octanol–water partition coefficient (Wildman–Crippen LogP) is 5.64. The Morgan fingerprint density at radius 1 is 1.00 bits per heavy atom. The van der Waals surface area contributed by atoms with Gasteiger partial charge in [0.05, 0.1) is 23.7 Å². The highest BCUT2D eigenvalue weighted by molar-refractivity contribution is 9.10. The van der Waals surface area contributed by atoms with Crippen molar-refractivity contribution >= 4 is 39.0 Å². The Bertz CT molecular complexity index is 1290. The zero-order valence-electron chi connectivity index (χ0n) is 16.1. The molecule has 4 aromatic rings. The lowest BCUT2D eigenvalue weighted by Crippen LogP contribution is -2.22. The zero-order chi connectivity index (χ0) is 20.4. The van der Waals surface area contributed by atoms with E-state index in [0.29, 0.717) is 16.7 Å². The van der Waals surface area contributed by atoms with Crippen molar-refractivity contribution in [2.24, 2.45) is 0 Å². The van der Waals surface area contributed by atoms with Gasteiger partial charge in [-0.25, -0.2) is 4.98 Å². The second-order valence-electron chi connectivity index (χ2n) is 6.67. The molecule has 144 valence electrons. The molecule has 4 rings (SSSR count). The van der Waals surface area contributed by atoms with Gasteiger partial charge in [0, 0.05) is 4.47 Å². The topological polar surface area (TPSA) is 44.1 Å². The maximum absolute atomic E-state index is 13.3. The fourth-order valence-corrected chi connectivity index (χ4v) is 3.44. The lowest BCUT2D eigenvalue weighted by molar-refractivity contribution is 0.414. The highest BCUT2D eigenvalue weighted by atomic mass is 79.9. The number of halogens is 1. The Kier molecular flexibility index (Phi) is 5.32. The summed E-state index contributed by atoms with van der Waals surface area (Å²) in [4.78, 5) is 18.1. The van der Waals surface area contributed by atoms with Crippen molar-refractivity contribution in [3.63, 3.8) is 0 Å².